The smallest absolute Gasteiger partial charge is 0.337 e. The second kappa shape index (κ2) is 4.77. The molecule has 1 aliphatic carbocycles. The van der Waals surface area contributed by atoms with Crippen LogP contribution in [-0.4, -0.2) is 36.9 Å². The van der Waals surface area contributed by atoms with Crippen LogP contribution in [0.1, 0.15) is 6.42 Å². The molecule has 2 heterocycles. The van der Waals surface area contributed by atoms with Gasteiger partial charge in [-0.25, -0.2) is 9.79 Å². The van der Waals surface area contributed by atoms with Gasteiger partial charge in [0, 0.05) is 0 Å². The molecule has 0 unspecified atom stereocenters. The van der Waals surface area contributed by atoms with E-state index < -0.39 is 18.0 Å². The largest absolute Gasteiger partial charge is 0.466 e. The molecule has 0 saturated carbocycles. The van der Waals surface area contributed by atoms with E-state index in [0.717, 1.165) is 0 Å². The maximum absolute atomic E-state index is 11.6. The van der Waals surface area contributed by atoms with Crippen molar-refractivity contribution in [1.82, 2.24) is 0 Å². The number of ether oxygens (including phenoxy) is 2. The molecule has 3 aliphatic rings. The SMILES string of the molecule is COC(=O)C1=C[C@@H]2C(=O)O[C@H]1C[C@H]2CN=C=S. The summed E-state index contributed by atoms with van der Waals surface area (Å²) < 4.78 is 9.78. The summed E-state index contributed by atoms with van der Waals surface area (Å²) in [4.78, 5) is 26.9. The lowest BCUT2D eigenvalue weighted by molar-refractivity contribution is -0.163. The third kappa shape index (κ3) is 2.14. The van der Waals surface area contributed by atoms with Crippen molar-refractivity contribution in [2.45, 2.75) is 12.5 Å². The van der Waals surface area contributed by atoms with Crippen molar-refractivity contribution in [3.8, 4) is 0 Å². The number of hydrogen-bond donors (Lipinski definition) is 0. The van der Waals surface area contributed by atoms with Crippen molar-refractivity contribution in [2.24, 2.45) is 16.8 Å². The van der Waals surface area contributed by atoms with E-state index in [1.807, 2.05) is 0 Å². The minimum absolute atomic E-state index is 0.0325. The Morgan fingerprint density at radius 3 is 3.12 bits per heavy atom. The van der Waals surface area contributed by atoms with Crippen molar-refractivity contribution < 1.29 is 19.1 Å². The van der Waals surface area contributed by atoms with Gasteiger partial charge in [0.2, 0.25) is 0 Å². The molecule has 3 rings (SSSR count). The van der Waals surface area contributed by atoms with Gasteiger partial charge in [0.15, 0.2) is 0 Å². The van der Waals surface area contributed by atoms with Gasteiger partial charge in [-0.15, -0.1) is 0 Å². The van der Waals surface area contributed by atoms with E-state index in [9.17, 15) is 9.59 Å². The Morgan fingerprint density at radius 1 is 1.76 bits per heavy atom. The maximum atomic E-state index is 11.6. The van der Waals surface area contributed by atoms with Crippen molar-refractivity contribution in [3.05, 3.63) is 11.6 Å². The molecule has 5 nitrogen and oxygen atoms in total. The fourth-order valence-electron chi connectivity index (χ4n) is 2.24. The molecule has 0 N–H and O–H groups in total. The summed E-state index contributed by atoms with van der Waals surface area (Å²) in [6.07, 6.45) is 1.71. The number of thiocarbonyl (C=S) groups is 1. The molecular formula is C11H11NO4S. The number of fused-ring (bicyclic) bond motifs is 2. The number of esters is 2. The predicted molar refractivity (Wildman–Crippen MR) is 61.5 cm³/mol. The highest BCUT2D eigenvalue weighted by Crippen LogP contribution is 2.38. The van der Waals surface area contributed by atoms with Gasteiger partial charge in [-0.3, -0.25) is 4.79 Å². The third-order valence-corrected chi connectivity index (χ3v) is 3.20. The number of hydrogen-bond acceptors (Lipinski definition) is 6. The van der Waals surface area contributed by atoms with Crippen LogP contribution in [0.2, 0.25) is 0 Å². The van der Waals surface area contributed by atoms with Gasteiger partial charge < -0.3 is 9.47 Å². The van der Waals surface area contributed by atoms with E-state index in [-0.39, 0.29) is 11.9 Å². The minimum Gasteiger partial charge on any atom is -0.466 e. The van der Waals surface area contributed by atoms with Crippen LogP contribution in [0.4, 0.5) is 0 Å². The standard InChI is InChI=1S/C11H11NO4S/c1-15-10(13)8-3-7-6(4-12-5-17)2-9(8)16-11(7)14/h3,6-7,9H,2,4H2,1H3/t6-,7-,9-/m0/s1. The Bertz CT molecular complexity index is 439. The number of methoxy groups -OCH3 is 1. The highest BCUT2D eigenvalue weighted by atomic mass is 32.1. The molecule has 3 atom stereocenters. The van der Waals surface area contributed by atoms with Crippen molar-refractivity contribution in [2.75, 3.05) is 13.7 Å². The van der Waals surface area contributed by atoms with Crippen molar-refractivity contribution in [1.29, 1.82) is 0 Å². The van der Waals surface area contributed by atoms with Gasteiger partial charge in [-0.1, -0.05) is 6.08 Å². The summed E-state index contributed by atoms with van der Waals surface area (Å²) in [7, 11) is 1.31. The molecule has 0 aromatic carbocycles. The second-order valence-electron chi connectivity index (χ2n) is 3.99. The number of aliphatic imine (C=N–C) groups is 1. The summed E-state index contributed by atoms with van der Waals surface area (Å²) in [6, 6.07) is 0. The van der Waals surface area contributed by atoms with Gasteiger partial charge in [-0.05, 0) is 24.6 Å². The normalized spacial score (nSPS) is 30.1. The first kappa shape index (κ1) is 12.0. The van der Waals surface area contributed by atoms with E-state index in [4.69, 9.17) is 4.74 Å². The fraction of sp³-hybridized carbons (Fsp3) is 0.545. The Hall–Kier alpha value is -1.52. The molecule has 2 bridgehead atoms. The summed E-state index contributed by atoms with van der Waals surface area (Å²) >= 11 is 4.50. The second-order valence-corrected chi connectivity index (χ2v) is 4.18. The molecule has 0 spiro atoms. The van der Waals surface area contributed by atoms with Crippen LogP contribution in [0.25, 0.3) is 0 Å². The van der Waals surface area contributed by atoms with Crippen LogP contribution in [0.15, 0.2) is 16.6 Å². The third-order valence-electron chi connectivity index (χ3n) is 3.07. The molecule has 0 aromatic heterocycles. The molecule has 1 saturated heterocycles. The van der Waals surface area contributed by atoms with E-state index in [0.29, 0.717) is 18.5 Å². The van der Waals surface area contributed by atoms with Gasteiger partial charge in [-0.2, -0.15) is 0 Å². The Balaban J connectivity index is 2.23. The summed E-state index contributed by atoms with van der Waals surface area (Å²) in [5.74, 6) is -1.14. The summed E-state index contributed by atoms with van der Waals surface area (Å²) in [5, 5.41) is 2.28. The molecule has 0 amide bonds. The van der Waals surface area contributed by atoms with Crippen LogP contribution in [0, 0.1) is 11.8 Å². The highest BCUT2D eigenvalue weighted by molar-refractivity contribution is 7.78. The van der Waals surface area contributed by atoms with Crippen LogP contribution >= 0.6 is 12.2 Å². The lowest BCUT2D eigenvalue weighted by Crippen LogP contribution is -2.45. The zero-order chi connectivity index (χ0) is 12.4. The monoisotopic (exact) mass is 253 g/mol. The Morgan fingerprint density at radius 2 is 2.53 bits per heavy atom. The lowest BCUT2D eigenvalue weighted by Gasteiger charge is -2.38. The topological polar surface area (TPSA) is 65.0 Å². The summed E-state index contributed by atoms with van der Waals surface area (Å²) in [5.41, 5.74) is 0.430. The zero-order valence-corrected chi connectivity index (χ0v) is 10.0. The van der Waals surface area contributed by atoms with Crippen LogP contribution in [0.5, 0.6) is 0 Å². The van der Waals surface area contributed by atoms with E-state index in [1.54, 1.807) is 6.08 Å². The average Bonchev–Trinajstić information content (AvgIpc) is 2.35. The zero-order valence-electron chi connectivity index (χ0n) is 9.21. The highest BCUT2D eigenvalue weighted by Gasteiger charge is 2.45. The maximum Gasteiger partial charge on any atom is 0.337 e. The van der Waals surface area contributed by atoms with Crippen LogP contribution in [-0.2, 0) is 19.1 Å². The van der Waals surface area contributed by atoms with Crippen molar-refractivity contribution >= 4 is 29.3 Å². The molecule has 1 fully saturated rings. The Labute approximate surface area is 103 Å². The molecule has 0 aromatic rings. The van der Waals surface area contributed by atoms with Gasteiger partial charge >= 0.3 is 11.9 Å². The average molecular weight is 253 g/mol. The molecule has 17 heavy (non-hydrogen) atoms. The first-order chi connectivity index (χ1) is 8.17. The Kier molecular flexibility index (Phi) is 3.36. The van der Waals surface area contributed by atoms with Gasteiger partial charge in [0.25, 0.3) is 0 Å². The van der Waals surface area contributed by atoms with Crippen molar-refractivity contribution in [3.63, 3.8) is 0 Å². The quantitative estimate of drug-likeness (QED) is 0.422. The lowest BCUT2D eigenvalue weighted by atomic mass is 9.76. The first-order valence-corrected chi connectivity index (χ1v) is 5.62. The number of carbonyl (C=O) groups is 2. The van der Waals surface area contributed by atoms with E-state index >= 15 is 0 Å². The number of nitrogens with zero attached hydrogens (tertiary/aromatic N) is 1. The van der Waals surface area contributed by atoms with Crippen LogP contribution in [0.3, 0.4) is 0 Å². The fourth-order valence-corrected chi connectivity index (χ4v) is 2.31. The first-order valence-electron chi connectivity index (χ1n) is 5.21. The number of rotatable bonds is 3. The molecular weight excluding hydrogens is 242 g/mol. The summed E-state index contributed by atoms with van der Waals surface area (Å²) in [6.45, 7) is 0.435. The molecule has 0 radical (unpaired) electrons. The van der Waals surface area contributed by atoms with Crippen LogP contribution < -0.4 is 0 Å². The molecule has 6 heteroatoms. The number of carbonyl (C=O) groups excluding carboxylic acids is 2. The van der Waals surface area contributed by atoms with E-state index in [1.165, 1.54) is 7.11 Å². The van der Waals surface area contributed by atoms with E-state index in [2.05, 4.69) is 27.1 Å². The predicted octanol–water partition coefficient (Wildman–Crippen LogP) is 0.750. The molecule has 90 valence electrons. The minimum atomic E-state index is -0.509. The number of isothiocyanates is 1. The van der Waals surface area contributed by atoms with Gasteiger partial charge in [0.05, 0.1) is 30.3 Å². The molecule has 2 aliphatic heterocycles. The van der Waals surface area contributed by atoms with Gasteiger partial charge in [0.1, 0.15) is 6.10 Å².